The Morgan fingerprint density at radius 2 is 2.05 bits per heavy atom. The molecule has 19 heavy (non-hydrogen) atoms. The van der Waals surface area contributed by atoms with Crippen LogP contribution in [0.4, 0.5) is 4.39 Å². The van der Waals surface area contributed by atoms with Crippen molar-refractivity contribution in [1.82, 2.24) is 9.88 Å². The molecule has 2 atom stereocenters. The summed E-state index contributed by atoms with van der Waals surface area (Å²) < 4.78 is 18.6. The number of fused-ring (bicyclic) bond motifs is 2. The fourth-order valence-corrected chi connectivity index (χ4v) is 3.06. The van der Waals surface area contributed by atoms with Gasteiger partial charge in [-0.05, 0) is 32.0 Å². The molecule has 3 heterocycles. The molecule has 0 aliphatic carbocycles. The van der Waals surface area contributed by atoms with Gasteiger partial charge in [0, 0.05) is 18.0 Å². The molecule has 2 bridgehead atoms. The number of ketones is 1. The van der Waals surface area contributed by atoms with Crippen molar-refractivity contribution < 1.29 is 13.9 Å². The summed E-state index contributed by atoms with van der Waals surface area (Å²) in [6, 6.07) is 4.96. The van der Waals surface area contributed by atoms with E-state index in [1.807, 2.05) is 0 Å². The Labute approximate surface area is 111 Å². The molecule has 4 nitrogen and oxygen atoms in total. The monoisotopic (exact) mass is 264 g/mol. The van der Waals surface area contributed by atoms with Gasteiger partial charge in [-0.25, -0.2) is 4.98 Å². The molecule has 2 aliphatic rings. The Hall–Kier alpha value is -1.33. The first kappa shape index (κ1) is 12.7. The van der Waals surface area contributed by atoms with E-state index < -0.39 is 5.95 Å². The maximum atomic E-state index is 13.1. The first-order chi connectivity index (χ1) is 9.15. The van der Waals surface area contributed by atoms with Gasteiger partial charge in [-0.3, -0.25) is 9.69 Å². The van der Waals surface area contributed by atoms with Gasteiger partial charge in [0.1, 0.15) is 5.69 Å². The van der Waals surface area contributed by atoms with Crippen LogP contribution in [-0.2, 0) is 4.74 Å². The topological polar surface area (TPSA) is 42.4 Å². The number of likely N-dealkylation sites (N-methyl/N-ethyl adjacent to an activating group) is 1. The number of aromatic nitrogens is 1. The van der Waals surface area contributed by atoms with Crippen LogP contribution < -0.4 is 0 Å². The van der Waals surface area contributed by atoms with E-state index in [4.69, 9.17) is 4.74 Å². The molecule has 0 aromatic carbocycles. The van der Waals surface area contributed by atoms with Crippen molar-refractivity contribution >= 4 is 5.78 Å². The number of halogens is 1. The number of carbonyl (C=O) groups excluding carboxylic acids is 1. The molecule has 2 aliphatic heterocycles. The second-order valence-electron chi connectivity index (χ2n) is 5.39. The standard InChI is InChI=1S/C14H17FN2O2/c1-17-10-5-9(6-11(17)8-19-7-10)14(18)12-3-2-4-13(15)16-12/h2-4,9-11H,5-8H2,1H3. The minimum Gasteiger partial charge on any atom is -0.378 e. The molecule has 0 spiro atoms. The molecule has 0 N–H and O–H groups in total. The lowest BCUT2D eigenvalue weighted by atomic mass is 9.82. The maximum absolute atomic E-state index is 13.1. The largest absolute Gasteiger partial charge is 0.378 e. The van der Waals surface area contributed by atoms with Crippen molar-refractivity contribution in [1.29, 1.82) is 0 Å². The van der Waals surface area contributed by atoms with E-state index in [9.17, 15) is 9.18 Å². The Morgan fingerprint density at radius 3 is 2.68 bits per heavy atom. The van der Waals surface area contributed by atoms with Gasteiger partial charge in [0.05, 0.1) is 13.2 Å². The summed E-state index contributed by atoms with van der Waals surface area (Å²) in [6.45, 7) is 1.35. The highest BCUT2D eigenvalue weighted by molar-refractivity contribution is 5.96. The van der Waals surface area contributed by atoms with Crippen molar-refractivity contribution in [3.8, 4) is 0 Å². The lowest BCUT2D eigenvalue weighted by Crippen LogP contribution is -2.55. The third-order valence-electron chi connectivity index (χ3n) is 4.22. The number of ether oxygens (including phenoxy) is 1. The summed E-state index contributed by atoms with van der Waals surface area (Å²) in [6.07, 6.45) is 1.54. The van der Waals surface area contributed by atoms with Crippen LogP contribution >= 0.6 is 0 Å². The molecule has 0 saturated carbocycles. The minimum absolute atomic E-state index is 0.0375. The van der Waals surface area contributed by atoms with Crippen molar-refractivity contribution in [2.24, 2.45) is 5.92 Å². The smallest absolute Gasteiger partial charge is 0.213 e. The van der Waals surface area contributed by atoms with Gasteiger partial charge in [0.15, 0.2) is 5.78 Å². The van der Waals surface area contributed by atoms with Gasteiger partial charge in [-0.15, -0.1) is 0 Å². The number of Topliss-reactive ketones (excluding diaryl/α,β-unsaturated/α-hetero) is 1. The second-order valence-corrected chi connectivity index (χ2v) is 5.39. The molecule has 5 heteroatoms. The van der Waals surface area contributed by atoms with Crippen LogP contribution in [0.1, 0.15) is 23.3 Å². The molecule has 0 radical (unpaired) electrons. The van der Waals surface area contributed by atoms with Crippen molar-refractivity contribution in [2.75, 3.05) is 20.3 Å². The van der Waals surface area contributed by atoms with E-state index in [0.717, 1.165) is 12.8 Å². The third kappa shape index (κ3) is 2.40. The van der Waals surface area contributed by atoms with E-state index in [0.29, 0.717) is 13.2 Å². The van der Waals surface area contributed by atoms with Crippen molar-refractivity contribution in [3.63, 3.8) is 0 Å². The molecule has 2 saturated heterocycles. The maximum Gasteiger partial charge on any atom is 0.213 e. The molecule has 1 aromatic heterocycles. The van der Waals surface area contributed by atoms with Crippen LogP contribution in [0, 0.1) is 11.9 Å². The van der Waals surface area contributed by atoms with Gasteiger partial charge in [-0.1, -0.05) is 6.07 Å². The number of hydrogen-bond donors (Lipinski definition) is 0. The van der Waals surface area contributed by atoms with Gasteiger partial charge >= 0.3 is 0 Å². The fraction of sp³-hybridized carbons (Fsp3) is 0.571. The number of morpholine rings is 1. The van der Waals surface area contributed by atoms with Crippen LogP contribution in [0.5, 0.6) is 0 Å². The van der Waals surface area contributed by atoms with E-state index >= 15 is 0 Å². The second kappa shape index (κ2) is 4.98. The zero-order chi connectivity index (χ0) is 13.4. The number of pyridine rings is 1. The SMILES string of the molecule is CN1C2COCC1CC(C(=O)c1cccc(F)n1)C2. The molecule has 2 fully saturated rings. The summed E-state index contributed by atoms with van der Waals surface area (Å²) in [7, 11) is 2.08. The van der Waals surface area contributed by atoms with Gasteiger partial charge in [0.25, 0.3) is 0 Å². The summed E-state index contributed by atoms with van der Waals surface area (Å²) in [4.78, 5) is 18.4. The lowest BCUT2D eigenvalue weighted by Gasteiger charge is -2.46. The van der Waals surface area contributed by atoms with Crippen LogP contribution in [0.15, 0.2) is 18.2 Å². The molecule has 102 valence electrons. The van der Waals surface area contributed by atoms with E-state index in [1.54, 1.807) is 6.07 Å². The number of hydrogen-bond acceptors (Lipinski definition) is 4. The average molecular weight is 264 g/mol. The molecular weight excluding hydrogens is 247 g/mol. The van der Waals surface area contributed by atoms with Crippen LogP contribution in [0.3, 0.4) is 0 Å². The molecule has 0 amide bonds. The highest BCUT2D eigenvalue weighted by Gasteiger charge is 2.39. The third-order valence-corrected chi connectivity index (χ3v) is 4.22. The Morgan fingerprint density at radius 1 is 1.37 bits per heavy atom. The highest BCUT2D eigenvalue weighted by Crippen LogP contribution is 2.32. The van der Waals surface area contributed by atoms with Crippen LogP contribution in [-0.4, -0.2) is 48.0 Å². The number of nitrogens with zero attached hydrogens (tertiary/aromatic N) is 2. The van der Waals surface area contributed by atoms with Crippen molar-refractivity contribution in [3.05, 3.63) is 29.8 Å². The first-order valence-corrected chi connectivity index (χ1v) is 6.61. The summed E-state index contributed by atoms with van der Waals surface area (Å²) in [5, 5.41) is 0. The zero-order valence-corrected chi connectivity index (χ0v) is 10.9. The Balaban J connectivity index is 1.78. The molecule has 2 unspecified atom stereocenters. The summed E-state index contributed by atoms with van der Waals surface area (Å²) in [5.74, 6) is -0.698. The Bertz CT molecular complexity index is 480. The number of rotatable bonds is 2. The average Bonchev–Trinajstić information content (AvgIpc) is 2.37. The number of carbonyl (C=O) groups is 1. The summed E-state index contributed by atoms with van der Waals surface area (Å²) in [5.41, 5.74) is 0.244. The van der Waals surface area contributed by atoms with E-state index in [-0.39, 0.29) is 29.5 Å². The molecular formula is C14H17FN2O2. The molecule has 3 rings (SSSR count). The normalized spacial score (nSPS) is 31.2. The fourth-order valence-electron chi connectivity index (χ4n) is 3.06. The van der Waals surface area contributed by atoms with Gasteiger partial charge in [0.2, 0.25) is 5.95 Å². The van der Waals surface area contributed by atoms with E-state index in [2.05, 4.69) is 16.9 Å². The summed E-state index contributed by atoms with van der Waals surface area (Å²) >= 11 is 0. The first-order valence-electron chi connectivity index (χ1n) is 6.61. The lowest BCUT2D eigenvalue weighted by molar-refractivity contribution is -0.0703. The van der Waals surface area contributed by atoms with Crippen molar-refractivity contribution in [2.45, 2.75) is 24.9 Å². The Kier molecular flexibility index (Phi) is 3.33. The van der Waals surface area contributed by atoms with Crippen LogP contribution in [0.25, 0.3) is 0 Å². The quantitative estimate of drug-likeness (QED) is 0.600. The predicted octanol–water partition coefficient (Wildman–Crippen LogP) is 1.51. The number of piperidine rings is 1. The van der Waals surface area contributed by atoms with Gasteiger partial charge in [-0.2, -0.15) is 4.39 Å². The van der Waals surface area contributed by atoms with Gasteiger partial charge < -0.3 is 4.74 Å². The van der Waals surface area contributed by atoms with E-state index in [1.165, 1.54) is 12.1 Å². The van der Waals surface area contributed by atoms with Crippen LogP contribution in [0.2, 0.25) is 0 Å². The highest BCUT2D eigenvalue weighted by atomic mass is 19.1. The predicted molar refractivity (Wildman–Crippen MR) is 67.4 cm³/mol. The molecule has 1 aromatic rings. The zero-order valence-electron chi connectivity index (χ0n) is 10.9. The minimum atomic E-state index is -0.595.